The molecular weight excluding hydrogens is 372 g/mol. The Kier molecular flexibility index (Phi) is 4.97. The molecule has 1 fully saturated rings. The Morgan fingerprint density at radius 2 is 1.47 bits per heavy atom. The number of anilines is 1. The fraction of sp³-hybridized carbons (Fsp3) is 0.280. The molecule has 5 nitrogen and oxygen atoms in total. The number of carbonyl (C=O) groups excluding carboxylic acids is 1. The standard InChI is InChI=1S/C25H26N4O/c26-21-15-20(16-27-17-21)25(30)29-13-11-28(12-14-29)24-22-7-3-1-5-18(22)9-10-19-6-2-4-8-23(19)24/h1-8,15-17,24H,9-14,26H2. The summed E-state index contributed by atoms with van der Waals surface area (Å²) in [6.07, 6.45) is 5.31. The minimum absolute atomic E-state index is 0.0103. The predicted molar refractivity (Wildman–Crippen MR) is 118 cm³/mol. The zero-order chi connectivity index (χ0) is 20.5. The van der Waals surface area contributed by atoms with E-state index in [-0.39, 0.29) is 11.9 Å². The van der Waals surface area contributed by atoms with Crippen LogP contribution < -0.4 is 5.73 Å². The SMILES string of the molecule is Nc1cncc(C(=O)N2CCN(C3c4ccccc4CCc4ccccc43)CC2)c1. The van der Waals surface area contributed by atoms with Gasteiger partial charge in [-0.2, -0.15) is 0 Å². The van der Waals surface area contributed by atoms with Gasteiger partial charge in [0.2, 0.25) is 0 Å². The van der Waals surface area contributed by atoms with Gasteiger partial charge in [0, 0.05) is 38.6 Å². The van der Waals surface area contributed by atoms with Crippen LogP contribution in [0, 0.1) is 0 Å². The van der Waals surface area contributed by atoms with Crippen LogP contribution in [-0.2, 0) is 12.8 Å². The Balaban J connectivity index is 1.40. The second kappa shape index (κ2) is 7.92. The van der Waals surface area contributed by atoms with E-state index in [1.165, 1.54) is 22.3 Å². The molecule has 2 N–H and O–H groups in total. The van der Waals surface area contributed by atoms with Gasteiger partial charge in [0.05, 0.1) is 17.3 Å². The molecule has 0 radical (unpaired) electrons. The number of benzene rings is 2. The summed E-state index contributed by atoms with van der Waals surface area (Å²) in [5.41, 5.74) is 12.6. The van der Waals surface area contributed by atoms with Crippen LogP contribution in [0.25, 0.3) is 0 Å². The summed E-state index contributed by atoms with van der Waals surface area (Å²) in [6, 6.07) is 19.6. The van der Waals surface area contributed by atoms with Gasteiger partial charge in [-0.15, -0.1) is 0 Å². The quantitative estimate of drug-likeness (QED) is 0.719. The minimum Gasteiger partial charge on any atom is -0.397 e. The van der Waals surface area contributed by atoms with Crippen molar-refractivity contribution in [1.29, 1.82) is 0 Å². The Morgan fingerprint density at radius 1 is 0.867 bits per heavy atom. The van der Waals surface area contributed by atoms with Crippen molar-refractivity contribution in [2.45, 2.75) is 18.9 Å². The number of hydrogen-bond donors (Lipinski definition) is 1. The number of aromatic nitrogens is 1. The van der Waals surface area contributed by atoms with Gasteiger partial charge in [-0.1, -0.05) is 48.5 Å². The molecule has 2 aliphatic rings. The third kappa shape index (κ3) is 3.46. The second-order valence-corrected chi connectivity index (χ2v) is 8.14. The number of aryl methyl sites for hydroxylation is 2. The van der Waals surface area contributed by atoms with Crippen molar-refractivity contribution in [2.24, 2.45) is 0 Å². The fourth-order valence-electron chi connectivity index (χ4n) is 4.83. The third-order valence-electron chi connectivity index (χ3n) is 6.34. The highest BCUT2D eigenvalue weighted by atomic mass is 16.2. The highest BCUT2D eigenvalue weighted by Gasteiger charge is 2.32. The van der Waals surface area contributed by atoms with Crippen LogP contribution in [0.3, 0.4) is 0 Å². The fourth-order valence-corrected chi connectivity index (χ4v) is 4.83. The van der Waals surface area contributed by atoms with Crippen LogP contribution in [0.2, 0.25) is 0 Å². The highest BCUT2D eigenvalue weighted by molar-refractivity contribution is 5.94. The molecule has 5 heteroatoms. The van der Waals surface area contributed by atoms with Crippen molar-refractivity contribution < 1.29 is 4.79 Å². The van der Waals surface area contributed by atoms with Crippen molar-refractivity contribution in [1.82, 2.24) is 14.8 Å². The van der Waals surface area contributed by atoms with Crippen molar-refractivity contribution in [3.63, 3.8) is 0 Å². The number of amides is 1. The van der Waals surface area contributed by atoms with Crippen molar-refractivity contribution >= 4 is 11.6 Å². The number of carbonyl (C=O) groups is 1. The number of nitrogens with two attached hydrogens (primary N) is 1. The van der Waals surface area contributed by atoms with E-state index < -0.39 is 0 Å². The number of nitrogens with zero attached hydrogens (tertiary/aromatic N) is 3. The van der Waals surface area contributed by atoms with Crippen LogP contribution in [0.15, 0.2) is 67.0 Å². The number of pyridine rings is 1. The van der Waals surface area contributed by atoms with E-state index in [1.54, 1.807) is 18.5 Å². The zero-order valence-electron chi connectivity index (χ0n) is 17.0. The molecule has 0 saturated carbocycles. The summed E-state index contributed by atoms with van der Waals surface area (Å²) in [5.74, 6) is 0.0103. The lowest BCUT2D eigenvalue weighted by Crippen LogP contribution is -2.50. The Morgan fingerprint density at radius 3 is 2.07 bits per heavy atom. The number of fused-ring (bicyclic) bond motifs is 2. The molecule has 1 aliphatic carbocycles. The van der Waals surface area contributed by atoms with Gasteiger partial charge < -0.3 is 10.6 Å². The molecule has 0 bridgehead atoms. The molecule has 1 aliphatic heterocycles. The Labute approximate surface area is 177 Å². The van der Waals surface area contributed by atoms with E-state index in [2.05, 4.69) is 58.4 Å². The van der Waals surface area contributed by atoms with E-state index in [9.17, 15) is 4.79 Å². The summed E-state index contributed by atoms with van der Waals surface area (Å²) >= 11 is 0. The van der Waals surface area contributed by atoms with E-state index in [0.717, 1.165) is 25.9 Å². The smallest absolute Gasteiger partial charge is 0.255 e. The van der Waals surface area contributed by atoms with E-state index in [4.69, 9.17) is 5.73 Å². The van der Waals surface area contributed by atoms with Crippen LogP contribution in [0.5, 0.6) is 0 Å². The lowest BCUT2D eigenvalue weighted by molar-refractivity contribution is 0.0596. The molecule has 1 amide bonds. The van der Waals surface area contributed by atoms with Gasteiger partial charge in [0.25, 0.3) is 5.91 Å². The highest BCUT2D eigenvalue weighted by Crippen LogP contribution is 2.37. The van der Waals surface area contributed by atoms with Crippen molar-refractivity contribution in [3.8, 4) is 0 Å². The zero-order valence-corrected chi connectivity index (χ0v) is 17.0. The normalized spacial score (nSPS) is 17.1. The maximum Gasteiger partial charge on any atom is 0.255 e. The lowest BCUT2D eigenvalue weighted by Gasteiger charge is -2.40. The molecule has 0 unspecified atom stereocenters. The van der Waals surface area contributed by atoms with Gasteiger partial charge in [-0.05, 0) is 41.2 Å². The molecule has 1 saturated heterocycles. The Bertz CT molecular complexity index is 1020. The monoisotopic (exact) mass is 398 g/mol. The summed E-state index contributed by atoms with van der Waals surface area (Å²) < 4.78 is 0. The first-order chi connectivity index (χ1) is 14.7. The molecular formula is C25H26N4O. The molecule has 0 atom stereocenters. The minimum atomic E-state index is 0.0103. The van der Waals surface area contributed by atoms with Crippen molar-refractivity contribution in [2.75, 3.05) is 31.9 Å². The van der Waals surface area contributed by atoms with Gasteiger partial charge >= 0.3 is 0 Å². The van der Waals surface area contributed by atoms with Crippen LogP contribution in [0.4, 0.5) is 5.69 Å². The van der Waals surface area contributed by atoms with Gasteiger partial charge in [-0.25, -0.2) is 0 Å². The number of rotatable bonds is 2. The molecule has 152 valence electrons. The molecule has 30 heavy (non-hydrogen) atoms. The molecule has 3 aromatic rings. The largest absolute Gasteiger partial charge is 0.397 e. The van der Waals surface area contributed by atoms with E-state index in [0.29, 0.717) is 24.3 Å². The number of piperazine rings is 1. The molecule has 5 rings (SSSR count). The van der Waals surface area contributed by atoms with Crippen LogP contribution in [-0.4, -0.2) is 46.9 Å². The average molecular weight is 399 g/mol. The van der Waals surface area contributed by atoms with E-state index >= 15 is 0 Å². The molecule has 2 heterocycles. The summed E-state index contributed by atoms with van der Waals surface area (Å²) in [5, 5.41) is 0. The molecule has 2 aromatic carbocycles. The first kappa shape index (κ1) is 18.8. The second-order valence-electron chi connectivity index (χ2n) is 8.14. The number of nitrogen functional groups attached to an aromatic ring is 1. The summed E-state index contributed by atoms with van der Waals surface area (Å²) in [6.45, 7) is 3.09. The third-order valence-corrected chi connectivity index (χ3v) is 6.34. The predicted octanol–water partition coefficient (Wildman–Crippen LogP) is 3.31. The Hall–Kier alpha value is -3.18. The molecule has 0 spiro atoms. The maximum absolute atomic E-state index is 12.9. The van der Waals surface area contributed by atoms with Gasteiger partial charge in [0.1, 0.15) is 0 Å². The lowest BCUT2D eigenvalue weighted by atomic mass is 9.92. The number of hydrogen-bond acceptors (Lipinski definition) is 4. The van der Waals surface area contributed by atoms with Crippen molar-refractivity contribution in [3.05, 3.63) is 94.8 Å². The topological polar surface area (TPSA) is 62.5 Å². The first-order valence-electron chi connectivity index (χ1n) is 10.6. The maximum atomic E-state index is 12.9. The average Bonchev–Trinajstić information content (AvgIpc) is 2.96. The molecule has 1 aromatic heterocycles. The van der Waals surface area contributed by atoms with Crippen LogP contribution >= 0.6 is 0 Å². The summed E-state index contributed by atoms with van der Waals surface area (Å²) in [7, 11) is 0. The first-order valence-corrected chi connectivity index (χ1v) is 10.6. The van der Waals surface area contributed by atoms with Crippen LogP contribution in [0.1, 0.15) is 38.7 Å². The summed E-state index contributed by atoms with van der Waals surface area (Å²) in [4.78, 5) is 21.4. The van der Waals surface area contributed by atoms with Gasteiger partial charge in [0.15, 0.2) is 0 Å². The van der Waals surface area contributed by atoms with Gasteiger partial charge in [-0.3, -0.25) is 14.7 Å². The van der Waals surface area contributed by atoms with E-state index in [1.807, 2.05) is 4.90 Å².